The number of carbonyl (C=O) groups is 1. The van der Waals surface area contributed by atoms with Crippen molar-refractivity contribution in [1.29, 1.82) is 0 Å². The zero-order valence-corrected chi connectivity index (χ0v) is 20.5. The Balaban J connectivity index is 0.000000968. The van der Waals surface area contributed by atoms with Crippen molar-refractivity contribution in [3.8, 4) is 0 Å². The van der Waals surface area contributed by atoms with Gasteiger partial charge in [0.2, 0.25) is 0 Å². The normalized spacial score (nSPS) is 14.8. The number of carbonyl (C=O) groups excluding carboxylic acids is 1. The minimum absolute atomic E-state index is 0.202. The number of nitrogens with one attached hydrogen (secondary N) is 1. The number of hydrogen-bond donors (Lipinski definition) is 2. The second-order valence-electron chi connectivity index (χ2n) is 7.15. The lowest BCUT2D eigenvalue weighted by atomic mass is 9.98. The molecule has 0 amide bonds. The lowest BCUT2D eigenvalue weighted by molar-refractivity contribution is -0.106. The monoisotopic (exact) mass is 502 g/mol. The van der Waals surface area contributed by atoms with Crippen LogP contribution in [0.1, 0.15) is 30.5 Å². The van der Waals surface area contributed by atoms with Crippen LogP contribution < -0.4 is 9.19 Å². The van der Waals surface area contributed by atoms with Gasteiger partial charge in [0, 0.05) is 29.2 Å². The standard InChI is InChI=1S/C22H20Cl2N4OS.C2H4O/c1-27-22(16-2-6-17(23)7-3-16)14-21(25-27)15-4-10-19(11-5-15)26-30-28(29)20-12-8-18(24)9-13-20;1-2-3/h2-13,22,26,29H,14H2,1H3;2H,1H3. The van der Waals surface area contributed by atoms with E-state index in [1.54, 1.807) is 24.3 Å². The molecule has 6 nitrogen and oxygen atoms in total. The Hall–Kier alpha value is -2.71. The van der Waals surface area contributed by atoms with Crippen LogP contribution in [0.4, 0.5) is 11.4 Å². The van der Waals surface area contributed by atoms with E-state index in [1.807, 2.05) is 60.6 Å². The van der Waals surface area contributed by atoms with E-state index in [4.69, 9.17) is 33.1 Å². The Morgan fingerprint density at radius 2 is 1.58 bits per heavy atom. The smallest absolute Gasteiger partial charge is 0.116 e. The quantitative estimate of drug-likeness (QED) is 0.218. The number of hydrogen-bond acceptors (Lipinski definition) is 7. The van der Waals surface area contributed by atoms with E-state index in [0.717, 1.165) is 51.3 Å². The predicted molar refractivity (Wildman–Crippen MR) is 138 cm³/mol. The third-order valence-corrected chi connectivity index (χ3v) is 6.10. The van der Waals surface area contributed by atoms with Gasteiger partial charge >= 0.3 is 0 Å². The summed E-state index contributed by atoms with van der Waals surface area (Å²) in [4.78, 5) is 8.81. The van der Waals surface area contributed by atoms with Gasteiger partial charge in [0.25, 0.3) is 0 Å². The molecule has 0 bridgehead atoms. The summed E-state index contributed by atoms with van der Waals surface area (Å²) in [7, 11) is 1.99. The Labute approximate surface area is 208 Å². The van der Waals surface area contributed by atoms with Crippen molar-refractivity contribution >= 4 is 58.7 Å². The zero-order chi connectivity index (χ0) is 23.8. The third-order valence-electron chi connectivity index (χ3n) is 4.89. The molecule has 1 heterocycles. The van der Waals surface area contributed by atoms with Gasteiger partial charge in [-0.2, -0.15) is 9.57 Å². The van der Waals surface area contributed by atoms with Gasteiger partial charge in [-0.3, -0.25) is 10.2 Å². The van der Waals surface area contributed by atoms with Gasteiger partial charge in [0.05, 0.1) is 29.6 Å². The van der Waals surface area contributed by atoms with Crippen LogP contribution >= 0.6 is 35.3 Å². The van der Waals surface area contributed by atoms with Crippen LogP contribution in [-0.4, -0.2) is 29.3 Å². The van der Waals surface area contributed by atoms with E-state index in [1.165, 1.54) is 12.5 Å². The molecule has 0 saturated carbocycles. The highest BCUT2D eigenvalue weighted by Gasteiger charge is 2.26. The minimum Gasteiger partial charge on any atom is -0.310 e. The lowest BCUT2D eigenvalue weighted by Gasteiger charge is -2.18. The van der Waals surface area contributed by atoms with E-state index in [9.17, 15) is 5.21 Å². The summed E-state index contributed by atoms with van der Waals surface area (Å²) in [6.07, 6.45) is 1.58. The van der Waals surface area contributed by atoms with E-state index < -0.39 is 0 Å². The molecule has 2 N–H and O–H groups in total. The van der Waals surface area contributed by atoms with Crippen molar-refractivity contribution in [1.82, 2.24) is 5.01 Å². The Morgan fingerprint density at radius 3 is 2.15 bits per heavy atom. The van der Waals surface area contributed by atoms with Crippen molar-refractivity contribution < 1.29 is 10.0 Å². The highest BCUT2D eigenvalue weighted by molar-refractivity contribution is 8.01. The van der Waals surface area contributed by atoms with Crippen LogP contribution in [0.5, 0.6) is 0 Å². The molecular formula is C24H24Cl2N4O2S. The number of hydrazone groups is 1. The molecule has 1 unspecified atom stereocenters. The van der Waals surface area contributed by atoms with Crippen LogP contribution in [0.2, 0.25) is 10.0 Å². The minimum atomic E-state index is 0.202. The summed E-state index contributed by atoms with van der Waals surface area (Å²) >= 11 is 13.0. The molecule has 33 heavy (non-hydrogen) atoms. The maximum Gasteiger partial charge on any atom is 0.116 e. The molecule has 172 valence electrons. The lowest BCUT2D eigenvalue weighted by Crippen LogP contribution is -2.13. The first-order valence-corrected chi connectivity index (χ1v) is 11.7. The van der Waals surface area contributed by atoms with Crippen molar-refractivity contribution in [2.75, 3.05) is 16.2 Å². The van der Waals surface area contributed by atoms with Crippen molar-refractivity contribution in [3.63, 3.8) is 0 Å². The maximum atomic E-state index is 10.1. The molecule has 0 radical (unpaired) electrons. The largest absolute Gasteiger partial charge is 0.310 e. The molecule has 0 aliphatic carbocycles. The molecule has 9 heteroatoms. The van der Waals surface area contributed by atoms with E-state index in [-0.39, 0.29) is 6.04 Å². The summed E-state index contributed by atoms with van der Waals surface area (Å²) in [6, 6.07) is 23.1. The Morgan fingerprint density at radius 1 is 1.03 bits per heavy atom. The summed E-state index contributed by atoms with van der Waals surface area (Å²) in [6.45, 7) is 1.44. The first-order valence-electron chi connectivity index (χ1n) is 10.1. The number of aldehydes is 1. The predicted octanol–water partition coefficient (Wildman–Crippen LogP) is 6.85. The van der Waals surface area contributed by atoms with Crippen molar-refractivity contribution in [2.45, 2.75) is 19.4 Å². The van der Waals surface area contributed by atoms with Gasteiger partial charge in [-0.15, -0.1) is 0 Å². The van der Waals surface area contributed by atoms with Crippen molar-refractivity contribution in [2.24, 2.45) is 5.10 Å². The number of halogens is 2. The molecule has 0 fully saturated rings. The molecule has 4 rings (SSSR count). The van der Waals surface area contributed by atoms with Gasteiger partial charge in [-0.1, -0.05) is 47.5 Å². The average molecular weight is 503 g/mol. The summed E-state index contributed by atoms with van der Waals surface area (Å²) in [5, 5.41) is 18.2. The van der Waals surface area contributed by atoms with Crippen LogP contribution in [0.15, 0.2) is 77.9 Å². The Bertz CT molecular complexity index is 1080. The molecule has 1 atom stereocenters. The topological polar surface area (TPSA) is 68.2 Å². The molecular weight excluding hydrogens is 479 g/mol. The molecule has 0 saturated heterocycles. The van der Waals surface area contributed by atoms with Gasteiger partial charge in [0.1, 0.15) is 6.29 Å². The third kappa shape index (κ3) is 6.88. The van der Waals surface area contributed by atoms with Crippen LogP contribution in [0.25, 0.3) is 0 Å². The van der Waals surface area contributed by atoms with E-state index >= 15 is 0 Å². The van der Waals surface area contributed by atoms with Crippen molar-refractivity contribution in [3.05, 3.63) is 94.0 Å². The highest BCUT2D eigenvalue weighted by atomic mass is 35.5. The maximum absolute atomic E-state index is 10.1. The first kappa shape index (κ1) is 24.9. The molecule has 3 aromatic carbocycles. The second kappa shape index (κ2) is 12.0. The second-order valence-corrected chi connectivity index (χ2v) is 8.75. The van der Waals surface area contributed by atoms with Gasteiger partial charge < -0.3 is 9.52 Å². The molecule has 0 aromatic heterocycles. The van der Waals surface area contributed by atoms with E-state index in [0.29, 0.717) is 10.7 Å². The molecule has 3 aromatic rings. The summed E-state index contributed by atoms with van der Waals surface area (Å²) in [5.41, 5.74) is 4.82. The zero-order valence-electron chi connectivity index (χ0n) is 18.2. The number of anilines is 2. The van der Waals surface area contributed by atoms with Crippen LogP contribution in [0.3, 0.4) is 0 Å². The number of rotatable bonds is 6. The molecule has 0 spiro atoms. The summed E-state index contributed by atoms with van der Waals surface area (Å²) < 4.78 is 4.17. The van der Waals surface area contributed by atoms with Gasteiger partial charge in [-0.05, 0) is 66.6 Å². The van der Waals surface area contributed by atoms with Gasteiger partial charge in [0.15, 0.2) is 0 Å². The fourth-order valence-corrected chi connectivity index (χ4v) is 4.07. The highest BCUT2D eigenvalue weighted by Crippen LogP contribution is 2.32. The summed E-state index contributed by atoms with van der Waals surface area (Å²) in [5.74, 6) is 0. The van der Waals surface area contributed by atoms with Gasteiger partial charge in [-0.25, -0.2) is 0 Å². The van der Waals surface area contributed by atoms with Crippen LogP contribution in [-0.2, 0) is 4.79 Å². The molecule has 1 aliphatic heterocycles. The number of benzene rings is 3. The van der Waals surface area contributed by atoms with E-state index in [2.05, 4.69) is 4.72 Å². The molecule has 1 aliphatic rings. The SMILES string of the molecule is CC=O.CN1N=C(c2ccc(NSN(O)c3ccc(Cl)cc3)cc2)CC1c1ccc(Cl)cc1. The number of nitrogens with zero attached hydrogens (tertiary/aromatic N) is 3. The fraction of sp³-hybridized carbons (Fsp3) is 0.167. The first-order chi connectivity index (χ1) is 15.9. The Kier molecular flexibility index (Phi) is 9.03. The fourth-order valence-electron chi connectivity index (χ4n) is 3.26. The average Bonchev–Trinajstić information content (AvgIpc) is 3.21. The van der Waals surface area contributed by atoms with Crippen LogP contribution in [0, 0.1) is 0 Å².